The fourth-order valence-corrected chi connectivity index (χ4v) is 3.36. The van der Waals surface area contributed by atoms with Crippen molar-refractivity contribution < 1.29 is 4.79 Å². The van der Waals surface area contributed by atoms with Gasteiger partial charge in [0.25, 0.3) is 0 Å². The molecule has 0 atom stereocenters. The number of nitrogens with zero attached hydrogens (tertiary/aromatic N) is 2. The normalized spacial score (nSPS) is 14.8. The number of benzene rings is 2. The molecule has 0 unspecified atom stereocenters. The summed E-state index contributed by atoms with van der Waals surface area (Å²) in [5, 5.41) is 12.9. The van der Waals surface area contributed by atoms with Crippen LogP contribution in [0.4, 0.5) is 5.69 Å². The van der Waals surface area contributed by atoms with Crippen molar-refractivity contribution in [3.8, 4) is 6.07 Å². The smallest absolute Gasteiger partial charge is 0.223 e. The SMILES string of the molecule is N#Cc1cc(Cl)ccc1N1CCC(C(=O)NCc2ccccc2)CC1. The molecule has 1 N–H and O–H groups in total. The maximum absolute atomic E-state index is 12.4. The lowest BCUT2D eigenvalue weighted by Gasteiger charge is -2.33. The standard InChI is InChI=1S/C20H20ClN3O/c21-18-6-7-19(17(12-18)13-22)24-10-8-16(9-11-24)20(25)23-14-15-4-2-1-3-5-15/h1-7,12,16H,8-11,14H2,(H,23,25). The fraction of sp³-hybridized carbons (Fsp3) is 0.300. The quantitative estimate of drug-likeness (QED) is 0.910. The number of hydrogen-bond donors (Lipinski definition) is 1. The number of hydrogen-bond acceptors (Lipinski definition) is 3. The molecular formula is C20H20ClN3O. The van der Waals surface area contributed by atoms with E-state index >= 15 is 0 Å². The second-order valence-electron chi connectivity index (χ2n) is 6.24. The van der Waals surface area contributed by atoms with Gasteiger partial charge in [-0.05, 0) is 36.6 Å². The van der Waals surface area contributed by atoms with Gasteiger partial charge in [0, 0.05) is 30.6 Å². The third kappa shape index (κ3) is 4.32. The summed E-state index contributed by atoms with van der Waals surface area (Å²) in [6.07, 6.45) is 1.57. The number of nitriles is 1. The summed E-state index contributed by atoms with van der Waals surface area (Å²) in [4.78, 5) is 14.5. The van der Waals surface area contributed by atoms with E-state index < -0.39 is 0 Å². The van der Waals surface area contributed by atoms with E-state index in [9.17, 15) is 10.1 Å². The average molecular weight is 354 g/mol. The monoisotopic (exact) mass is 353 g/mol. The lowest BCUT2D eigenvalue weighted by Crippen LogP contribution is -2.40. The first-order chi connectivity index (χ1) is 12.2. The van der Waals surface area contributed by atoms with Gasteiger partial charge < -0.3 is 10.2 Å². The molecule has 0 saturated carbocycles. The van der Waals surface area contributed by atoms with Crippen LogP contribution in [0.3, 0.4) is 0 Å². The topological polar surface area (TPSA) is 56.1 Å². The number of nitrogens with one attached hydrogen (secondary N) is 1. The van der Waals surface area contributed by atoms with Gasteiger partial charge in [0.2, 0.25) is 5.91 Å². The minimum Gasteiger partial charge on any atom is -0.370 e. The second-order valence-corrected chi connectivity index (χ2v) is 6.67. The molecule has 0 radical (unpaired) electrons. The van der Waals surface area contributed by atoms with Crippen LogP contribution in [-0.4, -0.2) is 19.0 Å². The predicted molar refractivity (Wildman–Crippen MR) is 99.4 cm³/mol. The highest BCUT2D eigenvalue weighted by Crippen LogP contribution is 2.28. The molecule has 4 nitrogen and oxygen atoms in total. The van der Waals surface area contributed by atoms with E-state index in [4.69, 9.17) is 11.6 Å². The van der Waals surface area contributed by atoms with Gasteiger partial charge in [-0.2, -0.15) is 5.26 Å². The zero-order valence-corrected chi connectivity index (χ0v) is 14.7. The highest BCUT2D eigenvalue weighted by molar-refractivity contribution is 6.30. The number of amides is 1. The van der Waals surface area contributed by atoms with Crippen molar-refractivity contribution in [2.75, 3.05) is 18.0 Å². The first-order valence-electron chi connectivity index (χ1n) is 8.43. The summed E-state index contributed by atoms with van der Waals surface area (Å²) in [5.41, 5.74) is 2.59. The summed E-state index contributed by atoms with van der Waals surface area (Å²) in [6.45, 7) is 2.09. The van der Waals surface area contributed by atoms with Crippen molar-refractivity contribution in [2.24, 2.45) is 5.92 Å². The molecule has 3 rings (SSSR count). The van der Waals surface area contributed by atoms with Crippen molar-refractivity contribution in [2.45, 2.75) is 19.4 Å². The van der Waals surface area contributed by atoms with Gasteiger partial charge in [0.05, 0.1) is 11.3 Å². The van der Waals surface area contributed by atoms with Crippen molar-refractivity contribution in [3.05, 3.63) is 64.7 Å². The number of carbonyl (C=O) groups is 1. The summed E-state index contributed by atoms with van der Waals surface area (Å²) >= 11 is 5.96. The van der Waals surface area contributed by atoms with Crippen LogP contribution in [0.1, 0.15) is 24.0 Å². The van der Waals surface area contributed by atoms with Crippen LogP contribution < -0.4 is 10.2 Å². The van der Waals surface area contributed by atoms with Crippen molar-refractivity contribution in [1.29, 1.82) is 5.26 Å². The number of halogens is 1. The van der Waals surface area contributed by atoms with Gasteiger partial charge in [0.15, 0.2) is 0 Å². The van der Waals surface area contributed by atoms with E-state index in [2.05, 4.69) is 16.3 Å². The highest BCUT2D eigenvalue weighted by Gasteiger charge is 2.26. The Morgan fingerprint density at radius 2 is 1.92 bits per heavy atom. The van der Waals surface area contributed by atoms with E-state index in [1.165, 1.54) is 0 Å². The van der Waals surface area contributed by atoms with Gasteiger partial charge in [-0.15, -0.1) is 0 Å². The van der Waals surface area contributed by atoms with Gasteiger partial charge in [0.1, 0.15) is 6.07 Å². The van der Waals surface area contributed by atoms with Gasteiger partial charge in [-0.3, -0.25) is 4.79 Å². The maximum Gasteiger partial charge on any atom is 0.223 e. The first-order valence-corrected chi connectivity index (χ1v) is 8.81. The van der Waals surface area contributed by atoms with E-state index in [1.807, 2.05) is 36.4 Å². The molecule has 2 aromatic rings. The third-order valence-electron chi connectivity index (χ3n) is 4.60. The molecule has 1 fully saturated rings. The average Bonchev–Trinajstić information content (AvgIpc) is 2.67. The summed E-state index contributed by atoms with van der Waals surface area (Å²) < 4.78 is 0. The Balaban J connectivity index is 1.55. The van der Waals surface area contributed by atoms with Crippen LogP contribution in [0.15, 0.2) is 48.5 Å². The molecule has 1 aliphatic rings. The highest BCUT2D eigenvalue weighted by atomic mass is 35.5. The Bertz CT molecular complexity index is 777. The maximum atomic E-state index is 12.4. The molecular weight excluding hydrogens is 334 g/mol. The summed E-state index contributed by atoms with van der Waals surface area (Å²) in [7, 11) is 0. The van der Waals surface area contributed by atoms with Crippen molar-refractivity contribution >= 4 is 23.2 Å². The third-order valence-corrected chi connectivity index (χ3v) is 4.83. The van der Waals surface area contributed by atoms with Crippen LogP contribution in [0.25, 0.3) is 0 Å². The van der Waals surface area contributed by atoms with Crippen LogP contribution in [-0.2, 0) is 11.3 Å². The molecule has 0 aliphatic carbocycles. The van der Waals surface area contributed by atoms with Crippen LogP contribution in [0.5, 0.6) is 0 Å². The summed E-state index contributed by atoms with van der Waals surface area (Å²) in [5.74, 6) is 0.137. The molecule has 0 aromatic heterocycles. The van der Waals surface area contributed by atoms with Crippen LogP contribution in [0.2, 0.25) is 5.02 Å². The van der Waals surface area contributed by atoms with Gasteiger partial charge >= 0.3 is 0 Å². The first kappa shape index (κ1) is 17.3. The minimum absolute atomic E-state index is 0.0257. The number of carbonyl (C=O) groups excluding carboxylic acids is 1. The van der Waals surface area contributed by atoms with Crippen LogP contribution >= 0.6 is 11.6 Å². The molecule has 2 aromatic carbocycles. The van der Waals surface area contributed by atoms with E-state index in [1.54, 1.807) is 12.1 Å². The Morgan fingerprint density at radius 3 is 2.60 bits per heavy atom. The lowest BCUT2D eigenvalue weighted by atomic mass is 9.95. The molecule has 0 bridgehead atoms. The number of anilines is 1. The van der Waals surface area contributed by atoms with Crippen molar-refractivity contribution in [1.82, 2.24) is 5.32 Å². The number of rotatable bonds is 4. The second kappa shape index (κ2) is 8.04. The Hall–Kier alpha value is -2.51. The molecule has 1 saturated heterocycles. The van der Waals surface area contributed by atoms with Crippen molar-refractivity contribution in [3.63, 3.8) is 0 Å². The lowest BCUT2D eigenvalue weighted by molar-refractivity contribution is -0.125. The number of piperidine rings is 1. The van der Waals surface area contributed by atoms with E-state index in [-0.39, 0.29) is 11.8 Å². The molecule has 1 amide bonds. The van der Waals surface area contributed by atoms with E-state index in [0.29, 0.717) is 17.1 Å². The zero-order valence-electron chi connectivity index (χ0n) is 13.9. The predicted octanol–water partition coefficient (Wildman–Crippen LogP) is 3.74. The van der Waals surface area contributed by atoms with Gasteiger partial charge in [-0.25, -0.2) is 0 Å². The zero-order chi connectivity index (χ0) is 17.6. The Morgan fingerprint density at radius 1 is 1.20 bits per heavy atom. The molecule has 1 heterocycles. The van der Waals surface area contributed by atoms with E-state index in [0.717, 1.165) is 37.2 Å². The largest absolute Gasteiger partial charge is 0.370 e. The Kier molecular flexibility index (Phi) is 5.57. The molecule has 0 spiro atoms. The summed E-state index contributed by atoms with van der Waals surface area (Å²) in [6, 6.07) is 17.5. The molecule has 5 heteroatoms. The molecule has 25 heavy (non-hydrogen) atoms. The van der Waals surface area contributed by atoms with Crippen LogP contribution in [0, 0.1) is 17.2 Å². The molecule has 128 valence electrons. The molecule has 1 aliphatic heterocycles. The fourth-order valence-electron chi connectivity index (χ4n) is 3.19. The van der Waals surface area contributed by atoms with Gasteiger partial charge in [-0.1, -0.05) is 41.9 Å². The minimum atomic E-state index is 0.0257. The Labute approximate surface area is 153 Å².